The van der Waals surface area contributed by atoms with Crippen LogP contribution in [0, 0.1) is 0 Å². The third-order valence-corrected chi connectivity index (χ3v) is 4.34. The molecule has 5 heteroatoms. The average molecular weight is 414 g/mol. The average Bonchev–Trinajstić information content (AvgIpc) is 2.38. The molecule has 1 atom stereocenters. The van der Waals surface area contributed by atoms with Gasteiger partial charge in [-0.15, -0.1) is 0 Å². The molecule has 2 rings (SSSR count). The molecule has 0 bridgehead atoms. The lowest BCUT2D eigenvalue weighted by molar-refractivity contribution is 0.883. The first-order valence-corrected chi connectivity index (χ1v) is 8.08. The molecule has 0 saturated heterocycles. The van der Waals surface area contributed by atoms with Gasteiger partial charge in [-0.05, 0) is 58.7 Å². The van der Waals surface area contributed by atoms with E-state index in [0.717, 1.165) is 20.2 Å². The highest BCUT2D eigenvalue weighted by atomic mass is 79.9. The second kappa shape index (κ2) is 6.70. The van der Waals surface area contributed by atoms with Crippen LogP contribution < -0.4 is 11.1 Å². The lowest BCUT2D eigenvalue weighted by Gasteiger charge is -2.17. The molecule has 1 unspecified atom stereocenters. The summed E-state index contributed by atoms with van der Waals surface area (Å²) in [7, 11) is 0. The normalized spacial score (nSPS) is 11.9. The number of nitrogens with one attached hydrogen (secondary N) is 1. The zero-order chi connectivity index (χ0) is 14.7. The van der Waals surface area contributed by atoms with Gasteiger partial charge < -0.3 is 11.1 Å². The van der Waals surface area contributed by atoms with Gasteiger partial charge in [-0.2, -0.15) is 0 Å². The zero-order valence-electron chi connectivity index (χ0n) is 10.9. The molecule has 20 heavy (non-hydrogen) atoms. The number of halogens is 2. The number of hydrogen-bond acceptors (Lipinski definition) is 2. The Labute approximate surface area is 141 Å². The van der Waals surface area contributed by atoms with Crippen LogP contribution >= 0.6 is 44.1 Å². The molecule has 104 valence electrons. The van der Waals surface area contributed by atoms with E-state index >= 15 is 0 Å². The number of benzene rings is 2. The lowest BCUT2D eigenvalue weighted by atomic mass is 10.1. The van der Waals surface area contributed by atoms with E-state index in [4.69, 9.17) is 18.0 Å². The maximum absolute atomic E-state index is 5.65. The summed E-state index contributed by atoms with van der Waals surface area (Å²) < 4.78 is 1.98. The van der Waals surface area contributed by atoms with Gasteiger partial charge in [0.15, 0.2) is 0 Å². The molecule has 2 aromatic carbocycles. The molecular formula is C15H14Br2N2S. The molecule has 0 fully saturated rings. The van der Waals surface area contributed by atoms with E-state index < -0.39 is 0 Å². The molecule has 0 saturated carbocycles. The van der Waals surface area contributed by atoms with Crippen LogP contribution in [0.2, 0.25) is 0 Å². The Morgan fingerprint density at radius 3 is 2.55 bits per heavy atom. The van der Waals surface area contributed by atoms with Crippen molar-refractivity contribution in [3.63, 3.8) is 0 Å². The minimum atomic E-state index is 0.204. The van der Waals surface area contributed by atoms with Gasteiger partial charge in [-0.1, -0.05) is 40.3 Å². The summed E-state index contributed by atoms with van der Waals surface area (Å²) in [6.45, 7) is 2.12. The summed E-state index contributed by atoms with van der Waals surface area (Å²) in [5, 5.41) is 3.46. The summed E-state index contributed by atoms with van der Waals surface area (Å²) in [4.78, 5) is 0.392. The minimum Gasteiger partial charge on any atom is -0.389 e. The fourth-order valence-corrected chi connectivity index (χ4v) is 3.23. The Morgan fingerprint density at radius 1 is 1.20 bits per heavy atom. The van der Waals surface area contributed by atoms with Crippen LogP contribution in [0.15, 0.2) is 51.4 Å². The van der Waals surface area contributed by atoms with E-state index in [2.05, 4.69) is 56.2 Å². The quantitative estimate of drug-likeness (QED) is 0.691. The summed E-state index contributed by atoms with van der Waals surface area (Å²) in [6.07, 6.45) is 0. The Hall–Kier alpha value is -0.910. The molecule has 3 N–H and O–H groups in total. The van der Waals surface area contributed by atoms with Crippen LogP contribution in [0.4, 0.5) is 5.69 Å². The van der Waals surface area contributed by atoms with Crippen molar-refractivity contribution in [1.29, 1.82) is 0 Å². The Kier molecular flexibility index (Phi) is 5.18. The fraction of sp³-hybridized carbons (Fsp3) is 0.133. The number of hydrogen-bond donors (Lipinski definition) is 2. The van der Waals surface area contributed by atoms with Crippen molar-refractivity contribution in [1.82, 2.24) is 0 Å². The van der Waals surface area contributed by atoms with E-state index in [9.17, 15) is 0 Å². The molecule has 0 amide bonds. The maximum atomic E-state index is 5.65. The first-order chi connectivity index (χ1) is 9.47. The SMILES string of the molecule is CC(Nc1ccc(C(N)=S)c(Br)c1)c1cccc(Br)c1. The van der Waals surface area contributed by atoms with Crippen molar-refractivity contribution < 1.29 is 0 Å². The predicted molar refractivity (Wildman–Crippen MR) is 96.2 cm³/mol. The van der Waals surface area contributed by atoms with Crippen LogP contribution in [-0.4, -0.2) is 4.99 Å². The first kappa shape index (κ1) is 15.5. The van der Waals surface area contributed by atoms with Gasteiger partial charge in [-0.25, -0.2) is 0 Å². The molecule has 0 aromatic heterocycles. The van der Waals surface area contributed by atoms with Crippen LogP contribution in [-0.2, 0) is 0 Å². The number of nitrogens with two attached hydrogens (primary N) is 1. The summed E-state index contributed by atoms with van der Waals surface area (Å²) in [5.74, 6) is 0. The number of thiocarbonyl (C=S) groups is 1. The molecule has 0 aliphatic rings. The lowest BCUT2D eigenvalue weighted by Crippen LogP contribution is -2.11. The topological polar surface area (TPSA) is 38.0 Å². The van der Waals surface area contributed by atoms with Gasteiger partial charge in [-0.3, -0.25) is 0 Å². The van der Waals surface area contributed by atoms with Crippen LogP contribution in [0.5, 0.6) is 0 Å². The van der Waals surface area contributed by atoms with Gasteiger partial charge in [0.25, 0.3) is 0 Å². The molecule has 2 nitrogen and oxygen atoms in total. The van der Waals surface area contributed by atoms with Crippen LogP contribution in [0.3, 0.4) is 0 Å². The Morgan fingerprint density at radius 2 is 1.95 bits per heavy atom. The van der Waals surface area contributed by atoms with Gasteiger partial charge in [0.1, 0.15) is 4.99 Å². The molecule has 0 radical (unpaired) electrons. The third kappa shape index (κ3) is 3.81. The third-order valence-electron chi connectivity index (χ3n) is 2.97. The molecule has 0 spiro atoms. The molecule has 0 aliphatic carbocycles. The van der Waals surface area contributed by atoms with Gasteiger partial charge in [0.05, 0.1) is 0 Å². The fourth-order valence-electron chi connectivity index (χ4n) is 1.91. The standard InChI is InChI=1S/C15H14Br2N2S/c1-9(10-3-2-4-11(16)7-10)19-12-5-6-13(15(18)20)14(17)8-12/h2-9,19H,1H3,(H2,18,20). The van der Waals surface area contributed by atoms with Crippen LogP contribution in [0.1, 0.15) is 24.1 Å². The largest absolute Gasteiger partial charge is 0.389 e. The van der Waals surface area contributed by atoms with E-state index in [-0.39, 0.29) is 6.04 Å². The monoisotopic (exact) mass is 412 g/mol. The molecular weight excluding hydrogens is 400 g/mol. The van der Waals surface area contributed by atoms with Crippen molar-refractivity contribution in [2.45, 2.75) is 13.0 Å². The van der Waals surface area contributed by atoms with E-state index in [1.54, 1.807) is 0 Å². The number of anilines is 1. The molecule has 0 aliphatic heterocycles. The van der Waals surface area contributed by atoms with E-state index in [1.165, 1.54) is 5.56 Å². The summed E-state index contributed by atoms with van der Waals surface area (Å²) in [6, 6.07) is 14.3. The van der Waals surface area contributed by atoms with Crippen LogP contribution in [0.25, 0.3) is 0 Å². The highest BCUT2D eigenvalue weighted by molar-refractivity contribution is 9.10. The highest BCUT2D eigenvalue weighted by Crippen LogP contribution is 2.26. The first-order valence-electron chi connectivity index (χ1n) is 6.08. The molecule has 0 heterocycles. The molecule has 2 aromatic rings. The Bertz CT molecular complexity index is 644. The van der Waals surface area contributed by atoms with Crippen molar-refractivity contribution in [2.75, 3.05) is 5.32 Å². The van der Waals surface area contributed by atoms with Crippen molar-refractivity contribution in [2.24, 2.45) is 5.73 Å². The number of rotatable bonds is 4. The summed E-state index contributed by atoms with van der Waals surface area (Å²) >= 11 is 12.0. The Balaban J connectivity index is 2.18. The minimum absolute atomic E-state index is 0.204. The van der Waals surface area contributed by atoms with E-state index in [0.29, 0.717) is 4.99 Å². The second-order valence-electron chi connectivity index (χ2n) is 4.48. The highest BCUT2D eigenvalue weighted by Gasteiger charge is 2.08. The van der Waals surface area contributed by atoms with Crippen molar-refractivity contribution in [3.05, 3.63) is 62.5 Å². The van der Waals surface area contributed by atoms with Crippen molar-refractivity contribution >= 4 is 54.8 Å². The van der Waals surface area contributed by atoms with Gasteiger partial charge >= 0.3 is 0 Å². The van der Waals surface area contributed by atoms with E-state index in [1.807, 2.05) is 30.3 Å². The second-order valence-corrected chi connectivity index (χ2v) is 6.69. The smallest absolute Gasteiger partial charge is 0.105 e. The summed E-state index contributed by atoms with van der Waals surface area (Å²) in [5.41, 5.74) is 8.73. The maximum Gasteiger partial charge on any atom is 0.105 e. The zero-order valence-corrected chi connectivity index (χ0v) is 14.8. The van der Waals surface area contributed by atoms with Crippen molar-refractivity contribution in [3.8, 4) is 0 Å². The predicted octanol–water partition coefficient (Wildman–Crippen LogP) is 5.02. The van der Waals surface area contributed by atoms with Gasteiger partial charge in [0.2, 0.25) is 0 Å². The van der Waals surface area contributed by atoms with Gasteiger partial charge in [0, 0.05) is 26.2 Å².